The van der Waals surface area contributed by atoms with Gasteiger partial charge in [0.05, 0.1) is 12.8 Å². The van der Waals surface area contributed by atoms with Crippen molar-refractivity contribution >= 4 is 27.7 Å². The highest BCUT2D eigenvalue weighted by Gasteiger charge is 2.07. The van der Waals surface area contributed by atoms with Crippen molar-refractivity contribution in [2.45, 2.75) is 39.7 Å². The zero-order chi connectivity index (χ0) is 20.2. The quantitative estimate of drug-likeness (QED) is 0.284. The van der Waals surface area contributed by atoms with Crippen molar-refractivity contribution in [2.75, 3.05) is 31.3 Å². The molecule has 1 rings (SSSR count). The Kier molecular flexibility index (Phi) is 11.6. The van der Waals surface area contributed by atoms with Crippen molar-refractivity contribution in [1.29, 1.82) is 0 Å². The maximum Gasteiger partial charge on any atom is 0.397 e. The fourth-order valence-electron chi connectivity index (χ4n) is 1.95. The molecule has 0 spiro atoms. The smallest absolute Gasteiger partial charge is 0.397 e. The Labute approximate surface area is 155 Å². The van der Waals surface area contributed by atoms with Gasteiger partial charge in [-0.05, 0) is 25.0 Å². The Balaban J connectivity index is 0.000000896. The lowest BCUT2D eigenvalue weighted by Crippen LogP contribution is -2.31. The van der Waals surface area contributed by atoms with Gasteiger partial charge in [-0.1, -0.05) is 13.8 Å². The summed E-state index contributed by atoms with van der Waals surface area (Å²) in [6, 6.07) is 5.73. The van der Waals surface area contributed by atoms with Crippen LogP contribution in [0.25, 0.3) is 0 Å². The second kappa shape index (κ2) is 12.5. The summed E-state index contributed by atoms with van der Waals surface area (Å²) in [4.78, 5) is 11.1. The van der Waals surface area contributed by atoms with E-state index in [4.69, 9.17) is 15.0 Å². The number of hydrogen-bond acceptors (Lipinski definition) is 7. The Hall–Kier alpha value is -1.88. The highest BCUT2D eigenvalue weighted by atomic mass is 32.3. The molecule has 10 heteroatoms. The highest BCUT2D eigenvalue weighted by molar-refractivity contribution is 7.80. The molecule has 9 nitrogen and oxygen atoms in total. The van der Waals surface area contributed by atoms with Crippen molar-refractivity contribution in [3.8, 4) is 5.75 Å². The summed E-state index contributed by atoms with van der Waals surface area (Å²) in [6.07, 6.45) is 2.21. The van der Waals surface area contributed by atoms with Crippen LogP contribution in [0.1, 0.15) is 33.6 Å². The van der Waals surface area contributed by atoms with Crippen LogP contribution in [0.5, 0.6) is 5.75 Å². The summed E-state index contributed by atoms with van der Waals surface area (Å²) in [7, 11) is -3.29. The van der Waals surface area contributed by atoms with Crippen LogP contribution >= 0.6 is 0 Å². The van der Waals surface area contributed by atoms with Gasteiger partial charge in [-0.2, -0.15) is 8.42 Å². The number of nitrogen functional groups attached to an aromatic ring is 1. The third-order valence-corrected chi connectivity index (χ3v) is 3.73. The molecule has 0 unspecified atom stereocenters. The Morgan fingerprint density at radius 2 is 1.88 bits per heavy atom. The van der Waals surface area contributed by atoms with E-state index in [0.29, 0.717) is 29.8 Å². The second-order valence-electron chi connectivity index (χ2n) is 5.35. The normalized spacial score (nSPS) is 10.8. The molecule has 0 saturated carbocycles. The van der Waals surface area contributed by atoms with Crippen LogP contribution in [-0.4, -0.2) is 45.2 Å². The summed E-state index contributed by atoms with van der Waals surface area (Å²) in [5.74, 6) is 0.473. The monoisotopic (exact) mass is 391 g/mol. The van der Waals surface area contributed by atoms with Crippen LogP contribution in [0.15, 0.2) is 18.2 Å². The SMILES string of the molecule is CCC(CC)NCCOc1cc(N)ccc1NC(C)=O.COS(=O)(=O)O. The first-order valence-corrected chi connectivity index (χ1v) is 9.55. The summed E-state index contributed by atoms with van der Waals surface area (Å²) < 4.78 is 35.4. The van der Waals surface area contributed by atoms with E-state index < -0.39 is 10.4 Å². The fraction of sp³-hybridized carbons (Fsp3) is 0.562. The molecule has 0 aliphatic heterocycles. The van der Waals surface area contributed by atoms with Crippen molar-refractivity contribution in [3.63, 3.8) is 0 Å². The molecular weight excluding hydrogens is 362 g/mol. The van der Waals surface area contributed by atoms with E-state index in [0.717, 1.165) is 26.5 Å². The molecule has 150 valence electrons. The van der Waals surface area contributed by atoms with E-state index in [-0.39, 0.29) is 5.91 Å². The van der Waals surface area contributed by atoms with Gasteiger partial charge in [-0.25, -0.2) is 0 Å². The number of ether oxygens (including phenoxy) is 1. The zero-order valence-electron chi connectivity index (χ0n) is 15.6. The van der Waals surface area contributed by atoms with Gasteiger partial charge in [0.15, 0.2) is 0 Å². The topological polar surface area (TPSA) is 140 Å². The Morgan fingerprint density at radius 3 is 2.35 bits per heavy atom. The number of nitrogens with one attached hydrogen (secondary N) is 2. The standard InChI is InChI=1S/C15H25N3O2.CH4O4S/c1-4-13(5-2)17-8-9-20-15-10-12(16)6-7-14(15)18-11(3)19;1-5-6(2,3)4/h6-7,10,13,17H,4-5,8-9,16H2,1-3H3,(H,18,19);1H3,(H,2,3,4). The average molecular weight is 391 g/mol. The number of amides is 1. The molecule has 1 aromatic carbocycles. The van der Waals surface area contributed by atoms with Gasteiger partial charge < -0.3 is 21.1 Å². The molecule has 0 bridgehead atoms. The van der Waals surface area contributed by atoms with Crippen LogP contribution in [-0.2, 0) is 19.4 Å². The van der Waals surface area contributed by atoms with E-state index >= 15 is 0 Å². The largest absolute Gasteiger partial charge is 0.490 e. The van der Waals surface area contributed by atoms with Gasteiger partial charge >= 0.3 is 10.4 Å². The van der Waals surface area contributed by atoms with Crippen LogP contribution in [0.3, 0.4) is 0 Å². The van der Waals surface area contributed by atoms with Crippen molar-refractivity contribution in [3.05, 3.63) is 18.2 Å². The van der Waals surface area contributed by atoms with Crippen molar-refractivity contribution in [1.82, 2.24) is 5.32 Å². The van der Waals surface area contributed by atoms with E-state index in [1.807, 2.05) is 0 Å². The van der Waals surface area contributed by atoms with Gasteiger partial charge in [-0.15, -0.1) is 0 Å². The summed E-state index contributed by atoms with van der Waals surface area (Å²) in [5, 5.41) is 6.15. The molecule has 0 saturated heterocycles. The predicted molar refractivity (Wildman–Crippen MR) is 102 cm³/mol. The van der Waals surface area contributed by atoms with Gasteiger partial charge in [-0.3, -0.25) is 13.5 Å². The Bertz CT molecular complexity index is 647. The lowest BCUT2D eigenvalue weighted by Gasteiger charge is -2.16. The Morgan fingerprint density at radius 1 is 1.31 bits per heavy atom. The molecule has 0 fully saturated rings. The van der Waals surface area contributed by atoms with E-state index in [2.05, 4.69) is 28.7 Å². The maximum atomic E-state index is 11.1. The van der Waals surface area contributed by atoms with Crippen LogP contribution in [0.2, 0.25) is 0 Å². The van der Waals surface area contributed by atoms with Crippen LogP contribution in [0.4, 0.5) is 11.4 Å². The number of nitrogens with two attached hydrogens (primary N) is 1. The van der Waals surface area contributed by atoms with E-state index in [9.17, 15) is 13.2 Å². The van der Waals surface area contributed by atoms with Gasteiger partial charge in [0, 0.05) is 31.3 Å². The molecule has 1 amide bonds. The first kappa shape index (κ1) is 24.1. The first-order chi connectivity index (χ1) is 12.1. The van der Waals surface area contributed by atoms with Crippen LogP contribution < -0.4 is 21.1 Å². The first-order valence-electron chi connectivity index (χ1n) is 8.19. The number of rotatable bonds is 9. The van der Waals surface area contributed by atoms with E-state index in [1.54, 1.807) is 18.2 Å². The molecule has 0 aliphatic rings. The van der Waals surface area contributed by atoms with Crippen molar-refractivity contribution < 1.29 is 26.7 Å². The summed E-state index contributed by atoms with van der Waals surface area (Å²) in [5.41, 5.74) is 7.01. The zero-order valence-corrected chi connectivity index (χ0v) is 16.4. The molecule has 0 aromatic heterocycles. The second-order valence-corrected chi connectivity index (χ2v) is 6.54. The minimum absolute atomic E-state index is 0.130. The number of hydrogen-bond donors (Lipinski definition) is 4. The lowest BCUT2D eigenvalue weighted by atomic mass is 10.2. The van der Waals surface area contributed by atoms with Gasteiger partial charge in [0.2, 0.25) is 5.91 Å². The minimum Gasteiger partial charge on any atom is -0.490 e. The average Bonchev–Trinajstić information content (AvgIpc) is 2.57. The lowest BCUT2D eigenvalue weighted by molar-refractivity contribution is -0.114. The molecule has 5 N–H and O–H groups in total. The predicted octanol–water partition coefficient (Wildman–Crippen LogP) is 1.82. The molecule has 0 aliphatic carbocycles. The molecule has 0 heterocycles. The van der Waals surface area contributed by atoms with Crippen molar-refractivity contribution in [2.24, 2.45) is 0 Å². The summed E-state index contributed by atoms with van der Waals surface area (Å²) in [6.45, 7) is 7.09. The molecule has 1 aromatic rings. The fourth-order valence-corrected chi connectivity index (χ4v) is 1.95. The van der Waals surface area contributed by atoms with E-state index in [1.165, 1.54) is 6.92 Å². The van der Waals surface area contributed by atoms with Gasteiger partial charge in [0.1, 0.15) is 12.4 Å². The summed E-state index contributed by atoms with van der Waals surface area (Å²) >= 11 is 0. The van der Waals surface area contributed by atoms with Crippen LogP contribution in [0, 0.1) is 0 Å². The highest BCUT2D eigenvalue weighted by Crippen LogP contribution is 2.26. The van der Waals surface area contributed by atoms with Gasteiger partial charge in [0.25, 0.3) is 0 Å². The third-order valence-electron chi connectivity index (χ3n) is 3.31. The maximum absolute atomic E-state index is 11.1. The number of carbonyl (C=O) groups is 1. The minimum atomic E-state index is -4.16. The molecule has 0 atom stereocenters. The number of carbonyl (C=O) groups excluding carboxylic acids is 1. The molecular formula is C16H29N3O6S. The number of anilines is 2. The third kappa shape index (κ3) is 11.6. The molecule has 26 heavy (non-hydrogen) atoms. The molecule has 0 radical (unpaired) electrons. The number of benzene rings is 1.